The summed E-state index contributed by atoms with van der Waals surface area (Å²) in [6.45, 7) is 10.3. The number of hydrogen-bond acceptors (Lipinski definition) is 1. The van der Waals surface area contributed by atoms with Gasteiger partial charge < -0.3 is 4.90 Å². The Kier molecular flexibility index (Phi) is 6.25. The van der Waals surface area contributed by atoms with Crippen LogP contribution in [0.5, 0.6) is 0 Å². The second kappa shape index (κ2) is 7.28. The Bertz CT molecular complexity index is 125. The summed E-state index contributed by atoms with van der Waals surface area (Å²) in [5.74, 6) is 0.728. The normalized spacial score (nSPS) is 20.1. The summed E-state index contributed by atoms with van der Waals surface area (Å²) in [6.07, 6.45) is 9.67. The van der Waals surface area contributed by atoms with Crippen LogP contribution in [0.25, 0.3) is 0 Å². The van der Waals surface area contributed by atoms with Gasteiger partial charge in [0.1, 0.15) is 0 Å². The zero-order chi connectivity index (χ0) is 10.2. The van der Waals surface area contributed by atoms with Crippen molar-refractivity contribution in [1.82, 2.24) is 4.90 Å². The Morgan fingerprint density at radius 1 is 1.07 bits per heavy atom. The maximum absolute atomic E-state index is 4.13. The van der Waals surface area contributed by atoms with Crippen molar-refractivity contribution in [2.75, 3.05) is 19.6 Å². The van der Waals surface area contributed by atoms with Crippen molar-refractivity contribution in [3.05, 3.63) is 6.92 Å². The first-order valence-electron chi connectivity index (χ1n) is 6.38. The Balaban J connectivity index is 1.91. The van der Waals surface area contributed by atoms with Gasteiger partial charge in [0.25, 0.3) is 0 Å². The molecule has 0 aliphatic carbocycles. The Hall–Kier alpha value is -0.0400. The molecule has 0 aromatic heterocycles. The lowest BCUT2D eigenvalue weighted by molar-refractivity contribution is 0.198. The quantitative estimate of drug-likeness (QED) is 0.588. The van der Waals surface area contributed by atoms with E-state index in [0.29, 0.717) is 0 Å². The highest BCUT2D eigenvalue weighted by molar-refractivity contribution is 4.73. The van der Waals surface area contributed by atoms with Crippen LogP contribution < -0.4 is 0 Å². The maximum atomic E-state index is 4.13. The van der Waals surface area contributed by atoms with Crippen molar-refractivity contribution in [3.63, 3.8) is 0 Å². The third-order valence-corrected chi connectivity index (χ3v) is 3.29. The molecule has 0 atom stereocenters. The van der Waals surface area contributed by atoms with Gasteiger partial charge in [-0.2, -0.15) is 0 Å². The molecule has 1 fully saturated rings. The third kappa shape index (κ3) is 4.99. The fourth-order valence-electron chi connectivity index (χ4n) is 2.15. The lowest BCUT2D eigenvalue weighted by atomic mass is 9.99. The standard InChI is InChI=1S/C13H26N/c1-3-4-5-6-7-10-14-11-8-13(2)9-12-14/h13H,2-12H2,1H3. The molecule has 0 saturated carbocycles. The summed E-state index contributed by atoms with van der Waals surface area (Å²) in [7, 11) is 0. The molecule has 0 N–H and O–H groups in total. The predicted molar refractivity (Wildman–Crippen MR) is 63.3 cm³/mol. The van der Waals surface area contributed by atoms with E-state index in [0.717, 1.165) is 5.92 Å². The van der Waals surface area contributed by atoms with Gasteiger partial charge in [-0.1, -0.05) is 39.5 Å². The second-order valence-corrected chi connectivity index (χ2v) is 4.70. The zero-order valence-electron chi connectivity index (χ0n) is 9.80. The van der Waals surface area contributed by atoms with Gasteiger partial charge in [0, 0.05) is 0 Å². The number of likely N-dealkylation sites (tertiary alicyclic amines) is 1. The van der Waals surface area contributed by atoms with Crippen LogP contribution in [0.3, 0.4) is 0 Å². The van der Waals surface area contributed by atoms with Crippen molar-refractivity contribution in [2.45, 2.75) is 51.9 Å². The molecule has 0 aromatic carbocycles. The van der Waals surface area contributed by atoms with E-state index in [1.165, 1.54) is 64.6 Å². The van der Waals surface area contributed by atoms with Gasteiger partial charge >= 0.3 is 0 Å². The van der Waals surface area contributed by atoms with Crippen molar-refractivity contribution in [1.29, 1.82) is 0 Å². The van der Waals surface area contributed by atoms with Gasteiger partial charge in [-0.15, -0.1) is 0 Å². The van der Waals surface area contributed by atoms with Gasteiger partial charge in [-0.05, 0) is 44.8 Å². The molecule has 83 valence electrons. The van der Waals surface area contributed by atoms with Crippen LogP contribution in [0.15, 0.2) is 0 Å². The van der Waals surface area contributed by atoms with Crippen molar-refractivity contribution in [3.8, 4) is 0 Å². The molecular weight excluding hydrogens is 170 g/mol. The van der Waals surface area contributed by atoms with E-state index in [2.05, 4.69) is 18.7 Å². The molecule has 0 bridgehead atoms. The molecule has 0 spiro atoms. The average molecular weight is 196 g/mol. The molecule has 1 rings (SSSR count). The molecule has 1 radical (unpaired) electrons. The Morgan fingerprint density at radius 3 is 2.36 bits per heavy atom. The average Bonchev–Trinajstić information content (AvgIpc) is 2.21. The van der Waals surface area contributed by atoms with Crippen LogP contribution in [0.4, 0.5) is 0 Å². The third-order valence-electron chi connectivity index (χ3n) is 3.29. The lowest BCUT2D eigenvalue weighted by Crippen LogP contribution is -2.33. The molecule has 0 unspecified atom stereocenters. The molecule has 1 aliphatic rings. The minimum absolute atomic E-state index is 0.728. The van der Waals surface area contributed by atoms with Crippen LogP contribution in [0.2, 0.25) is 0 Å². The van der Waals surface area contributed by atoms with E-state index in [1.807, 2.05) is 0 Å². The smallest absolute Gasteiger partial charge is 0.00161 e. The minimum Gasteiger partial charge on any atom is -0.303 e. The van der Waals surface area contributed by atoms with Crippen LogP contribution in [-0.4, -0.2) is 24.5 Å². The second-order valence-electron chi connectivity index (χ2n) is 4.70. The monoisotopic (exact) mass is 196 g/mol. The molecule has 1 aliphatic heterocycles. The number of rotatable bonds is 6. The first-order valence-corrected chi connectivity index (χ1v) is 6.38. The predicted octanol–water partition coefficient (Wildman–Crippen LogP) is 3.50. The molecule has 1 heteroatoms. The number of nitrogens with zero attached hydrogens (tertiary/aromatic N) is 1. The molecule has 1 saturated heterocycles. The fraction of sp³-hybridized carbons (Fsp3) is 0.923. The molecule has 0 aromatic rings. The van der Waals surface area contributed by atoms with E-state index in [4.69, 9.17) is 0 Å². The van der Waals surface area contributed by atoms with Gasteiger partial charge in [-0.3, -0.25) is 0 Å². The maximum Gasteiger partial charge on any atom is -0.00161 e. The first kappa shape index (κ1) is 12.0. The molecule has 1 heterocycles. The van der Waals surface area contributed by atoms with E-state index < -0.39 is 0 Å². The highest BCUT2D eigenvalue weighted by Gasteiger charge is 2.14. The van der Waals surface area contributed by atoms with Crippen LogP contribution >= 0.6 is 0 Å². The lowest BCUT2D eigenvalue weighted by Gasteiger charge is -2.29. The van der Waals surface area contributed by atoms with E-state index in [9.17, 15) is 0 Å². The largest absolute Gasteiger partial charge is 0.303 e. The Morgan fingerprint density at radius 2 is 1.71 bits per heavy atom. The summed E-state index contributed by atoms with van der Waals surface area (Å²) in [5, 5.41) is 0. The minimum atomic E-state index is 0.728. The number of hydrogen-bond donors (Lipinski definition) is 0. The van der Waals surface area contributed by atoms with E-state index in [1.54, 1.807) is 0 Å². The van der Waals surface area contributed by atoms with Gasteiger partial charge in [-0.25, -0.2) is 0 Å². The zero-order valence-corrected chi connectivity index (χ0v) is 9.80. The molecule has 1 nitrogen and oxygen atoms in total. The van der Waals surface area contributed by atoms with Crippen molar-refractivity contribution >= 4 is 0 Å². The van der Waals surface area contributed by atoms with E-state index >= 15 is 0 Å². The van der Waals surface area contributed by atoms with Crippen molar-refractivity contribution in [2.24, 2.45) is 5.92 Å². The topological polar surface area (TPSA) is 3.24 Å². The highest BCUT2D eigenvalue weighted by Crippen LogP contribution is 2.16. The molecule has 14 heavy (non-hydrogen) atoms. The van der Waals surface area contributed by atoms with Crippen LogP contribution in [-0.2, 0) is 0 Å². The molecule has 0 amide bonds. The number of piperidine rings is 1. The molecular formula is C13H26N. The first-order chi connectivity index (χ1) is 6.83. The summed E-state index contributed by atoms with van der Waals surface area (Å²) in [6, 6.07) is 0. The van der Waals surface area contributed by atoms with Gasteiger partial charge in [0.2, 0.25) is 0 Å². The van der Waals surface area contributed by atoms with Crippen LogP contribution in [0, 0.1) is 12.8 Å². The summed E-state index contributed by atoms with van der Waals surface area (Å²) < 4.78 is 0. The van der Waals surface area contributed by atoms with Crippen LogP contribution in [0.1, 0.15) is 51.9 Å². The number of unbranched alkanes of at least 4 members (excludes halogenated alkanes) is 4. The highest BCUT2D eigenvalue weighted by atomic mass is 15.1. The van der Waals surface area contributed by atoms with E-state index in [-0.39, 0.29) is 0 Å². The fourth-order valence-corrected chi connectivity index (χ4v) is 2.15. The SMILES string of the molecule is [CH2]C1CCN(CCCCCCC)CC1. The Labute approximate surface area is 89.9 Å². The van der Waals surface area contributed by atoms with Gasteiger partial charge in [0.05, 0.1) is 0 Å². The summed E-state index contributed by atoms with van der Waals surface area (Å²) >= 11 is 0. The summed E-state index contributed by atoms with van der Waals surface area (Å²) in [4.78, 5) is 2.62. The van der Waals surface area contributed by atoms with Crippen molar-refractivity contribution < 1.29 is 0 Å². The van der Waals surface area contributed by atoms with Gasteiger partial charge in [0.15, 0.2) is 0 Å². The summed E-state index contributed by atoms with van der Waals surface area (Å²) in [5.41, 5.74) is 0.